The van der Waals surface area contributed by atoms with Gasteiger partial charge in [-0.2, -0.15) is 0 Å². The van der Waals surface area contributed by atoms with E-state index >= 15 is 0 Å². The summed E-state index contributed by atoms with van der Waals surface area (Å²) >= 11 is 2.25. The van der Waals surface area contributed by atoms with Crippen molar-refractivity contribution in [3.05, 3.63) is 0 Å². The van der Waals surface area contributed by atoms with Gasteiger partial charge >= 0.3 is 5.97 Å². The largest absolute Gasteiger partial charge is 0.462 e. The molecule has 2 N–H and O–H groups in total. The van der Waals surface area contributed by atoms with Crippen LogP contribution in [0.15, 0.2) is 0 Å². The molecule has 0 amide bonds. The highest BCUT2D eigenvalue weighted by atomic mass is 127. The molecule has 0 aromatic heterocycles. The number of nitrogens with zero attached hydrogens (tertiary/aromatic N) is 1. The van der Waals surface area contributed by atoms with Crippen LogP contribution >= 0.6 is 22.6 Å². The first-order valence-corrected chi connectivity index (χ1v) is 10.9. The van der Waals surface area contributed by atoms with Crippen LogP contribution in [0.2, 0.25) is 0 Å². The summed E-state index contributed by atoms with van der Waals surface area (Å²) in [5.74, 6) is -1.99. The van der Waals surface area contributed by atoms with Crippen LogP contribution < -0.4 is 0 Å². The normalized spacial score (nSPS) is 43.1. The van der Waals surface area contributed by atoms with Crippen molar-refractivity contribution in [3.8, 4) is 0 Å². The fourth-order valence-corrected chi connectivity index (χ4v) is 5.19. The van der Waals surface area contributed by atoms with Crippen molar-refractivity contribution in [2.45, 2.75) is 68.8 Å². The molecular weight excluding hydrogens is 477 g/mol. The Hall–Kier alpha value is -0.290. The minimum absolute atomic E-state index is 0.212. The van der Waals surface area contributed by atoms with Crippen LogP contribution in [0.1, 0.15) is 47.5 Å². The third kappa shape index (κ3) is 6.62. The lowest BCUT2D eigenvalue weighted by Gasteiger charge is -2.38. The molecule has 0 bridgehead atoms. The molecule has 1 rings (SSSR count). The fraction of sp³-hybridized carbons (Fsp3) is 0.900. The molecular formula is C20H36INO6. The van der Waals surface area contributed by atoms with Gasteiger partial charge in [0.25, 0.3) is 0 Å². The van der Waals surface area contributed by atoms with Gasteiger partial charge in [0.2, 0.25) is 0 Å². The van der Waals surface area contributed by atoms with Crippen LogP contribution in [0, 0.1) is 17.8 Å². The number of cyclic esters (lactones) is 1. The summed E-state index contributed by atoms with van der Waals surface area (Å²) in [6.07, 6.45) is 0.0773. The lowest BCUT2D eigenvalue weighted by molar-refractivity contribution is -0.168. The van der Waals surface area contributed by atoms with Gasteiger partial charge < -0.3 is 24.6 Å². The quantitative estimate of drug-likeness (QED) is 0.240. The Bertz CT molecular complexity index is 557. The van der Waals surface area contributed by atoms with Crippen molar-refractivity contribution < 1.29 is 29.3 Å². The van der Waals surface area contributed by atoms with E-state index in [9.17, 15) is 19.8 Å². The fourth-order valence-electron chi connectivity index (χ4n) is 3.78. The molecule has 1 heterocycles. The third-order valence-electron chi connectivity index (χ3n) is 5.79. The van der Waals surface area contributed by atoms with Gasteiger partial charge in [0.05, 0.1) is 0 Å². The number of ketones is 1. The van der Waals surface area contributed by atoms with Crippen molar-refractivity contribution in [1.29, 1.82) is 0 Å². The minimum atomic E-state index is -1.62. The molecule has 1 saturated heterocycles. The molecule has 7 atom stereocenters. The van der Waals surface area contributed by atoms with Crippen LogP contribution in [0.25, 0.3) is 0 Å². The molecule has 0 aliphatic carbocycles. The van der Waals surface area contributed by atoms with Gasteiger partial charge in [-0.3, -0.25) is 9.59 Å². The highest BCUT2D eigenvalue weighted by Gasteiger charge is 2.41. The van der Waals surface area contributed by atoms with Crippen molar-refractivity contribution >= 4 is 34.3 Å². The Morgan fingerprint density at radius 3 is 2.32 bits per heavy atom. The summed E-state index contributed by atoms with van der Waals surface area (Å²) in [5, 5.41) is 21.3. The molecule has 1 fully saturated rings. The first-order chi connectivity index (χ1) is 12.7. The molecule has 28 heavy (non-hydrogen) atoms. The topological polar surface area (TPSA) is 96.3 Å². The van der Waals surface area contributed by atoms with E-state index in [1.54, 1.807) is 14.0 Å². The van der Waals surface area contributed by atoms with Gasteiger partial charge in [-0.15, -0.1) is 0 Å². The molecule has 1 aliphatic rings. The molecule has 164 valence electrons. The summed E-state index contributed by atoms with van der Waals surface area (Å²) in [7, 11) is 3.52. The van der Waals surface area contributed by atoms with Crippen LogP contribution in [-0.2, 0) is 19.1 Å². The van der Waals surface area contributed by atoms with E-state index in [1.165, 1.54) is 13.8 Å². The molecule has 0 unspecified atom stereocenters. The Kier molecular flexibility index (Phi) is 9.33. The highest BCUT2D eigenvalue weighted by molar-refractivity contribution is 14.1. The standard InChI is InChI=1S/C20H36INO6/c1-12-8-20(21,27-7)9-13(2)16(23)14(3)18(25)28-11-19(5,26)17(24)15(4)22(6)10-12/h12-15,17,24,26H,8-11H2,1-7H3/t12-,13-,14-,15-,17-,19-,20-/m1/s1. The van der Waals surface area contributed by atoms with Gasteiger partial charge in [-0.25, -0.2) is 0 Å². The zero-order chi connectivity index (χ0) is 21.9. The molecule has 7 nitrogen and oxygen atoms in total. The maximum atomic E-state index is 12.7. The second-order valence-corrected chi connectivity index (χ2v) is 10.7. The maximum Gasteiger partial charge on any atom is 0.316 e. The molecule has 0 radical (unpaired) electrons. The van der Waals surface area contributed by atoms with Crippen molar-refractivity contribution in [1.82, 2.24) is 4.90 Å². The number of aliphatic hydroxyl groups excluding tert-OH is 1. The number of aliphatic hydroxyl groups is 2. The second kappa shape index (κ2) is 10.1. The van der Waals surface area contributed by atoms with Gasteiger partial charge in [0, 0.05) is 25.6 Å². The number of carbonyl (C=O) groups is 2. The van der Waals surface area contributed by atoms with Crippen LogP contribution in [0.3, 0.4) is 0 Å². The zero-order valence-corrected chi connectivity index (χ0v) is 20.2. The predicted octanol–water partition coefficient (Wildman–Crippen LogP) is 2.01. The molecule has 0 spiro atoms. The average Bonchev–Trinajstić information content (AvgIpc) is 2.62. The number of hydrogen-bond acceptors (Lipinski definition) is 7. The highest BCUT2D eigenvalue weighted by Crippen LogP contribution is 2.36. The average molecular weight is 513 g/mol. The van der Waals surface area contributed by atoms with E-state index in [0.29, 0.717) is 19.4 Å². The number of likely N-dealkylation sites (N-methyl/N-ethyl adjacent to an activating group) is 1. The molecule has 0 aromatic rings. The van der Waals surface area contributed by atoms with Gasteiger partial charge in [-0.1, -0.05) is 13.8 Å². The van der Waals surface area contributed by atoms with Gasteiger partial charge in [-0.05, 0) is 69.2 Å². The second-order valence-electron chi connectivity index (χ2n) is 8.72. The molecule has 8 heteroatoms. The Balaban J connectivity index is 3.19. The number of alkyl halides is 1. The number of carbonyl (C=O) groups excluding carboxylic acids is 2. The number of Topliss-reactive ketones (excluding diaryl/α,β-unsaturated/α-hetero) is 1. The van der Waals surface area contributed by atoms with Gasteiger partial charge in [0.15, 0.2) is 0 Å². The van der Waals surface area contributed by atoms with E-state index in [4.69, 9.17) is 9.47 Å². The Morgan fingerprint density at radius 2 is 1.79 bits per heavy atom. The lowest BCUT2D eigenvalue weighted by atomic mass is 9.88. The first kappa shape index (κ1) is 25.7. The van der Waals surface area contributed by atoms with E-state index < -0.39 is 27.2 Å². The number of rotatable bonds is 1. The molecule has 0 aromatic carbocycles. The van der Waals surface area contributed by atoms with E-state index in [-0.39, 0.29) is 30.3 Å². The van der Waals surface area contributed by atoms with E-state index in [1.807, 2.05) is 18.9 Å². The first-order valence-electron chi connectivity index (χ1n) is 9.79. The number of methoxy groups -OCH3 is 1. The smallest absolute Gasteiger partial charge is 0.316 e. The van der Waals surface area contributed by atoms with Crippen LogP contribution in [0.5, 0.6) is 0 Å². The van der Waals surface area contributed by atoms with E-state index in [0.717, 1.165) is 0 Å². The SMILES string of the molecule is CO[C@]1(I)C[C@@H](C)CN(C)[C@H](C)[C@@H](O)[C@](C)(O)COC(=O)[C@H](C)C(=O)[C@H](C)C1. The monoisotopic (exact) mass is 513 g/mol. The van der Waals surface area contributed by atoms with E-state index in [2.05, 4.69) is 29.5 Å². The van der Waals surface area contributed by atoms with Crippen molar-refractivity contribution in [2.75, 3.05) is 27.3 Å². The number of halogens is 1. The third-order valence-corrected chi connectivity index (χ3v) is 7.11. The summed E-state index contributed by atoms with van der Waals surface area (Å²) in [5.41, 5.74) is -1.62. The zero-order valence-electron chi connectivity index (χ0n) is 18.1. The maximum absolute atomic E-state index is 12.7. The summed E-state index contributed by atoms with van der Waals surface area (Å²) in [6, 6.07) is -0.356. The Labute approximate surface area is 182 Å². The van der Waals surface area contributed by atoms with Crippen molar-refractivity contribution in [3.63, 3.8) is 0 Å². The summed E-state index contributed by atoms with van der Waals surface area (Å²) < 4.78 is 10.4. The number of hydrogen-bond donors (Lipinski definition) is 2. The summed E-state index contributed by atoms with van der Waals surface area (Å²) in [6.45, 7) is 8.99. The molecule has 1 aliphatic heterocycles. The van der Waals surface area contributed by atoms with Gasteiger partial charge in [0.1, 0.15) is 33.6 Å². The minimum Gasteiger partial charge on any atom is -0.462 e. The summed E-state index contributed by atoms with van der Waals surface area (Å²) in [4.78, 5) is 27.1. The lowest BCUT2D eigenvalue weighted by Crippen LogP contribution is -2.55. The number of esters is 1. The van der Waals surface area contributed by atoms with Crippen molar-refractivity contribution in [2.24, 2.45) is 17.8 Å². The van der Waals surface area contributed by atoms with Crippen LogP contribution in [0.4, 0.5) is 0 Å². The number of ether oxygens (including phenoxy) is 2. The predicted molar refractivity (Wildman–Crippen MR) is 115 cm³/mol. The Morgan fingerprint density at radius 1 is 1.21 bits per heavy atom. The molecule has 0 saturated carbocycles. The van der Waals surface area contributed by atoms with Crippen LogP contribution in [-0.4, -0.2) is 75.5 Å².